The molecule has 17 heteroatoms. The van der Waals surface area contributed by atoms with Gasteiger partial charge in [0.05, 0.1) is 139 Å². The average molecular weight is 1020 g/mol. The van der Waals surface area contributed by atoms with Crippen LogP contribution in [0.15, 0.2) is 97.1 Å². The van der Waals surface area contributed by atoms with Crippen LogP contribution < -0.4 is 5.32 Å². The zero-order chi connectivity index (χ0) is 50.8. The Balaban J connectivity index is 0.584. The van der Waals surface area contributed by atoms with Gasteiger partial charge in [-0.05, 0) is 50.9 Å². The number of carbonyl (C=O) groups is 2. The molecule has 4 aromatic rings. The zero-order valence-corrected chi connectivity index (χ0v) is 42.6. The fourth-order valence-electron chi connectivity index (χ4n) is 8.31. The van der Waals surface area contributed by atoms with E-state index >= 15 is 0 Å². The van der Waals surface area contributed by atoms with Crippen molar-refractivity contribution in [2.24, 2.45) is 0 Å². The van der Waals surface area contributed by atoms with Crippen molar-refractivity contribution in [2.45, 2.75) is 18.3 Å². The molecule has 0 saturated heterocycles. The van der Waals surface area contributed by atoms with Gasteiger partial charge in [-0.1, -0.05) is 97.1 Å². The number of carbonyl (C=O) groups excluding carboxylic acids is 2. The van der Waals surface area contributed by atoms with Crippen molar-refractivity contribution in [1.29, 1.82) is 0 Å². The van der Waals surface area contributed by atoms with E-state index < -0.39 is 6.09 Å². The van der Waals surface area contributed by atoms with E-state index in [2.05, 4.69) is 53.8 Å². The molecule has 17 nitrogen and oxygen atoms in total. The molecule has 73 heavy (non-hydrogen) atoms. The van der Waals surface area contributed by atoms with E-state index in [1.54, 1.807) is 7.05 Å². The molecule has 2 aliphatic carbocycles. The SMILES string of the molecule is CN(CCOCCOCCOCCOCCOCCOCCOCCOCCOCCOCCOCCCNC(=O)OCC1c2ccccc2-c2ccccc21)C(=O)OCC1c2ccccc2-c2ccccc21. The van der Waals surface area contributed by atoms with Crippen LogP contribution in [0.5, 0.6) is 0 Å². The van der Waals surface area contributed by atoms with Crippen LogP contribution in [0.2, 0.25) is 0 Å². The first-order chi connectivity index (χ1) is 36.1. The summed E-state index contributed by atoms with van der Waals surface area (Å²) in [5, 5.41) is 2.81. The van der Waals surface area contributed by atoms with Gasteiger partial charge in [0, 0.05) is 38.6 Å². The number of benzene rings is 4. The summed E-state index contributed by atoms with van der Waals surface area (Å²) in [6.45, 7) is 11.8. The van der Waals surface area contributed by atoms with Crippen LogP contribution in [-0.2, 0) is 61.6 Å². The first-order valence-electron chi connectivity index (χ1n) is 25.6. The number of rotatable bonds is 41. The molecule has 0 saturated carbocycles. The van der Waals surface area contributed by atoms with Gasteiger partial charge < -0.3 is 71.8 Å². The van der Waals surface area contributed by atoms with Crippen LogP contribution in [-0.4, -0.2) is 196 Å². The number of likely N-dealkylation sites (N-methyl/N-ethyl adjacent to an activating group) is 1. The minimum absolute atomic E-state index is 0.0314. The first kappa shape index (κ1) is 57.3. The highest BCUT2D eigenvalue weighted by Gasteiger charge is 2.30. The Hall–Kier alpha value is -5.02. The molecule has 2 amide bonds. The third-order valence-corrected chi connectivity index (χ3v) is 12.0. The number of amides is 2. The number of hydrogen-bond acceptors (Lipinski definition) is 15. The number of ether oxygens (including phenoxy) is 13. The van der Waals surface area contributed by atoms with Crippen molar-refractivity contribution in [1.82, 2.24) is 10.2 Å². The molecule has 2 aliphatic rings. The fraction of sp³-hybridized carbons (Fsp3) is 0.536. The Morgan fingerprint density at radius 2 is 0.658 bits per heavy atom. The maximum Gasteiger partial charge on any atom is 0.409 e. The van der Waals surface area contributed by atoms with Crippen molar-refractivity contribution >= 4 is 12.2 Å². The van der Waals surface area contributed by atoms with Crippen molar-refractivity contribution in [2.75, 3.05) is 179 Å². The van der Waals surface area contributed by atoms with Gasteiger partial charge >= 0.3 is 12.2 Å². The van der Waals surface area contributed by atoms with Crippen molar-refractivity contribution in [3.05, 3.63) is 119 Å². The highest BCUT2D eigenvalue weighted by atomic mass is 16.6. The molecule has 0 radical (unpaired) electrons. The van der Waals surface area contributed by atoms with Gasteiger partial charge in [0.25, 0.3) is 0 Å². The molecule has 1 N–H and O–H groups in total. The number of nitrogens with zero attached hydrogens (tertiary/aromatic N) is 1. The Labute approximate surface area is 430 Å². The van der Waals surface area contributed by atoms with Gasteiger partial charge in [0.15, 0.2) is 0 Å². The lowest BCUT2D eigenvalue weighted by Crippen LogP contribution is -2.32. The topological polar surface area (TPSA) is 169 Å². The van der Waals surface area contributed by atoms with Crippen molar-refractivity contribution < 1.29 is 71.2 Å². The molecular weight excluding hydrogens is 941 g/mol. The van der Waals surface area contributed by atoms with Crippen molar-refractivity contribution in [3.63, 3.8) is 0 Å². The molecule has 0 atom stereocenters. The van der Waals surface area contributed by atoms with Gasteiger partial charge in [-0.2, -0.15) is 0 Å². The highest BCUT2D eigenvalue weighted by Crippen LogP contribution is 2.45. The van der Waals surface area contributed by atoms with Gasteiger partial charge in [-0.3, -0.25) is 0 Å². The summed E-state index contributed by atoms with van der Waals surface area (Å²) in [4.78, 5) is 26.5. The maximum absolute atomic E-state index is 12.7. The van der Waals surface area contributed by atoms with Crippen LogP contribution in [0, 0.1) is 0 Å². The summed E-state index contributed by atoms with van der Waals surface area (Å²) in [5.41, 5.74) is 9.57. The number of hydrogen-bond donors (Lipinski definition) is 1. The van der Waals surface area contributed by atoms with E-state index in [1.165, 1.54) is 49.4 Å². The highest BCUT2D eigenvalue weighted by molar-refractivity contribution is 5.80. The van der Waals surface area contributed by atoms with E-state index in [9.17, 15) is 9.59 Å². The van der Waals surface area contributed by atoms with E-state index in [4.69, 9.17) is 61.6 Å². The molecule has 4 aromatic carbocycles. The monoisotopic (exact) mass is 1020 g/mol. The molecular formula is C56H76N2O15. The molecule has 0 aromatic heterocycles. The van der Waals surface area contributed by atoms with Crippen LogP contribution in [0.3, 0.4) is 0 Å². The van der Waals surface area contributed by atoms with Crippen LogP contribution in [0.4, 0.5) is 9.59 Å². The zero-order valence-electron chi connectivity index (χ0n) is 42.6. The quantitative estimate of drug-likeness (QED) is 0.0452. The molecule has 6 rings (SSSR count). The van der Waals surface area contributed by atoms with Gasteiger partial charge in [-0.15, -0.1) is 0 Å². The van der Waals surface area contributed by atoms with E-state index in [0.717, 1.165) is 0 Å². The summed E-state index contributed by atoms with van der Waals surface area (Å²) < 4.78 is 72.4. The van der Waals surface area contributed by atoms with E-state index in [0.29, 0.717) is 178 Å². The largest absolute Gasteiger partial charge is 0.449 e. The van der Waals surface area contributed by atoms with E-state index in [1.807, 2.05) is 48.5 Å². The Morgan fingerprint density at radius 1 is 0.384 bits per heavy atom. The number of fused-ring (bicyclic) bond motifs is 6. The lowest BCUT2D eigenvalue weighted by atomic mass is 9.98. The Bertz CT molecular complexity index is 2050. The predicted molar refractivity (Wildman–Crippen MR) is 274 cm³/mol. The first-order valence-corrected chi connectivity index (χ1v) is 25.6. The third-order valence-electron chi connectivity index (χ3n) is 12.0. The summed E-state index contributed by atoms with van der Waals surface area (Å²) >= 11 is 0. The summed E-state index contributed by atoms with van der Waals surface area (Å²) in [6, 6.07) is 33.1. The predicted octanol–water partition coefficient (Wildman–Crippen LogP) is 6.98. The maximum atomic E-state index is 12.7. The molecule has 0 bridgehead atoms. The van der Waals surface area contributed by atoms with E-state index in [-0.39, 0.29) is 17.9 Å². The lowest BCUT2D eigenvalue weighted by molar-refractivity contribution is -0.0276. The second-order valence-electron chi connectivity index (χ2n) is 17.1. The normalized spacial score (nSPS) is 12.6. The molecule has 0 spiro atoms. The number of alkyl carbamates (subject to hydrolysis) is 1. The lowest BCUT2D eigenvalue weighted by Gasteiger charge is -2.19. The molecule has 0 fully saturated rings. The standard InChI is InChI=1S/C56H76N2O15/c1-58(56(60)73-44-54-51-17-8-4-13-47(51)48-14-5-9-18-52(48)54)20-22-62-24-26-64-28-30-66-32-34-68-36-38-70-40-42-71-41-39-69-37-35-67-33-31-65-29-27-63-25-23-61-21-10-19-57-55(59)72-43-53-49-15-6-2-11-45(49)46-12-3-7-16-50(46)53/h2-9,11-18,53-54H,10,19-44H2,1H3,(H,57,59). The van der Waals surface area contributed by atoms with Gasteiger partial charge in [-0.25, -0.2) is 9.59 Å². The third kappa shape index (κ3) is 20.7. The summed E-state index contributed by atoms with van der Waals surface area (Å²) in [5.74, 6) is 0.0739. The second kappa shape index (κ2) is 35.2. The fourth-order valence-corrected chi connectivity index (χ4v) is 8.31. The smallest absolute Gasteiger partial charge is 0.409 e. The summed E-state index contributed by atoms with van der Waals surface area (Å²) in [7, 11) is 1.71. The van der Waals surface area contributed by atoms with Crippen LogP contribution >= 0.6 is 0 Å². The minimum atomic E-state index is -0.420. The Morgan fingerprint density at radius 3 is 0.986 bits per heavy atom. The molecule has 0 aliphatic heterocycles. The molecule has 400 valence electrons. The van der Waals surface area contributed by atoms with Crippen LogP contribution in [0.1, 0.15) is 40.5 Å². The van der Waals surface area contributed by atoms with Crippen molar-refractivity contribution in [3.8, 4) is 22.3 Å². The Kier molecular flexibility index (Phi) is 27.6. The minimum Gasteiger partial charge on any atom is -0.449 e. The summed E-state index contributed by atoms with van der Waals surface area (Å²) in [6.07, 6.45) is -0.112. The molecule has 0 unspecified atom stereocenters. The number of nitrogens with one attached hydrogen (secondary N) is 1. The van der Waals surface area contributed by atoms with Gasteiger partial charge in [0.2, 0.25) is 0 Å². The second-order valence-corrected chi connectivity index (χ2v) is 17.1. The molecule has 0 heterocycles. The van der Waals surface area contributed by atoms with Gasteiger partial charge in [0.1, 0.15) is 13.2 Å². The van der Waals surface area contributed by atoms with Crippen LogP contribution in [0.25, 0.3) is 22.3 Å². The average Bonchev–Trinajstić information content (AvgIpc) is 3.92.